The molecule has 0 atom stereocenters. The van der Waals surface area contributed by atoms with E-state index in [9.17, 15) is 0 Å². The van der Waals surface area contributed by atoms with E-state index in [2.05, 4.69) is 253 Å². The Morgan fingerprint density at radius 2 is 0.582 bits per heavy atom. The fraction of sp³-hybridized carbons (Fsp3) is 0.204. The molecule has 0 saturated heterocycles. The number of aromatic nitrogens is 6. The Balaban J connectivity index is 0.000000183. The maximum atomic E-state index is 7.00. The molecule has 0 bridgehead atoms. The molecule has 0 aliphatic heterocycles. The van der Waals surface area contributed by atoms with Gasteiger partial charge in [0.1, 0.15) is 16.7 Å². The van der Waals surface area contributed by atoms with Gasteiger partial charge in [-0.3, -0.25) is 4.98 Å². The molecule has 2 N–H and O–H groups in total. The second-order valence-corrected chi connectivity index (χ2v) is 27.4. The predicted molar refractivity (Wildman–Crippen MR) is 448 cm³/mol. The first-order chi connectivity index (χ1) is 52.6. The van der Waals surface area contributed by atoms with Crippen LogP contribution in [0.25, 0.3) is 111 Å². The van der Waals surface area contributed by atoms with E-state index < -0.39 is 0 Å². The Morgan fingerprint density at radius 1 is 0.264 bits per heavy atom. The van der Waals surface area contributed by atoms with E-state index in [0.29, 0.717) is 35.5 Å². The van der Waals surface area contributed by atoms with Gasteiger partial charge in [-0.1, -0.05) is 203 Å². The number of pyridine rings is 6. The summed E-state index contributed by atoms with van der Waals surface area (Å²) in [4.78, 5) is 26.8. The third kappa shape index (κ3) is 23.7. The van der Waals surface area contributed by atoms with E-state index in [0.717, 1.165) is 126 Å². The summed E-state index contributed by atoms with van der Waals surface area (Å²) < 4.78 is 12.2. The van der Waals surface area contributed by atoms with Gasteiger partial charge in [0.25, 0.3) is 0 Å². The first-order valence-corrected chi connectivity index (χ1v) is 36.8. The molecule has 0 saturated carbocycles. The largest absolute Gasteiger partial charge is 3.00 e. The summed E-state index contributed by atoms with van der Waals surface area (Å²) in [7, 11) is 2.00. The zero-order valence-corrected chi connectivity index (χ0v) is 70.0. The van der Waals surface area contributed by atoms with Crippen LogP contribution in [0.4, 0.5) is 0 Å². The van der Waals surface area contributed by atoms with Crippen molar-refractivity contribution in [3.05, 3.63) is 350 Å². The summed E-state index contributed by atoms with van der Waals surface area (Å²) >= 11 is 0. The molecule has 0 fully saturated rings. The molecular weight excluding hydrogens is 1710 g/mol. The van der Waals surface area contributed by atoms with Crippen molar-refractivity contribution in [2.24, 2.45) is 0 Å². The number of fused-ring (bicyclic) bond motifs is 6. The number of aliphatic hydroxyl groups is 2. The van der Waals surface area contributed by atoms with Crippen LogP contribution < -0.4 is 0 Å². The van der Waals surface area contributed by atoms with Crippen LogP contribution in [0.15, 0.2) is 295 Å². The third-order valence-corrected chi connectivity index (χ3v) is 17.9. The van der Waals surface area contributed by atoms with E-state index in [4.69, 9.17) is 19.0 Å². The Morgan fingerprint density at radius 3 is 0.918 bits per heavy atom. The average molecular weight is 1810 g/mol. The summed E-state index contributed by atoms with van der Waals surface area (Å²) in [6.07, 6.45) is 11.5. The summed E-state index contributed by atoms with van der Waals surface area (Å²) in [5.74, 6) is 3.09. The maximum Gasteiger partial charge on any atom is 3.00 e. The second kappa shape index (κ2) is 44.2. The number of para-hydroxylation sites is 3. The molecule has 12 heteroatoms. The van der Waals surface area contributed by atoms with Crippen molar-refractivity contribution in [1.29, 1.82) is 0 Å². The minimum atomic E-state index is 0. The molecule has 8 heterocycles. The number of nitrogens with zero attached hydrogens (tertiary/aromatic N) is 6. The first-order valence-electron chi connectivity index (χ1n) is 36.8. The van der Waals surface area contributed by atoms with Crippen molar-refractivity contribution < 1.29 is 59.3 Å². The van der Waals surface area contributed by atoms with Gasteiger partial charge in [0, 0.05) is 73.1 Å². The minimum Gasteiger partial charge on any atom is -0.501 e. The molecule has 0 aliphatic carbocycles. The fourth-order valence-electron chi connectivity index (χ4n) is 11.6. The van der Waals surface area contributed by atoms with Gasteiger partial charge in [-0.2, -0.15) is 0 Å². The summed E-state index contributed by atoms with van der Waals surface area (Å²) in [5.41, 5.74) is 23.2. The van der Waals surface area contributed by atoms with E-state index >= 15 is 0 Å². The quantitative estimate of drug-likeness (QED) is 0.113. The minimum absolute atomic E-state index is 0. The van der Waals surface area contributed by atoms with E-state index in [1.165, 1.54) is 33.4 Å². The van der Waals surface area contributed by atoms with Gasteiger partial charge in [-0.05, 0) is 128 Å². The third-order valence-electron chi connectivity index (χ3n) is 17.9. The van der Waals surface area contributed by atoms with E-state index in [1.54, 1.807) is 0 Å². The molecule has 16 rings (SSSR count). The second-order valence-electron chi connectivity index (χ2n) is 27.4. The molecule has 0 radical (unpaired) electrons. The van der Waals surface area contributed by atoms with Crippen LogP contribution in [0.2, 0.25) is 0 Å². The number of benzene rings is 8. The number of hydrogen-bond donors (Lipinski definition) is 2. The van der Waals surface area contributed by atoms with Crippen LogP contribution >= 0.6 is 0 Å². The van der Waals surface area contributed by atoms with Crippen molar-refractivity contribution in [3.63, 3.8) is 0 Å². The van der Waals surface area contributed by atoms with Crippen molar-refractivity contribution in [2.75, 3.05) is 14.2 Å². The van der Waals surface area contributed by atoms with Crippen molar-refractivity contribution in [2.45, 2.75) is 119 Å². The topological polar surface area (TPSA) is 144 Å². The van der Waals surface area contributed by atoms with Crippen LogP contribution in [0.1, 0.15) is 152 Å². The van der Waals surface area contributed by atoms with Crippen LogP contribution in [-0.2, 0) is 40.2 Å². The Bertz CT molecular complexity index is 4800. The monoisotopic (exact) mass is 1810 g/mol. The number of hydrogen-bond acceptors (Lipinski definition) is 10. The molecule has 0 spiro atoms. The van der Waals surface area contributed by atoms with Crippen LogP contribution in [-0.4, -0.2) is 54.3 Å². The van der Waals surface area contributed by atoms with Crippen molar-refractivity contribution in [3.8, 4) is 67.5 Å². The van der Waals surface area contributed by atoms with Crippen LogP contribution in [0.5, 0.6) is 0 Å². The Kier molecular flexibility index (Phi) is 34.9. The van der Waals surface area contributed by atoms with E-state index in [-0.39, 0.29) is 40.2 Å². The number of aliphatic hydroxyl groups excluding tert-OH is 2. The zero-order valence-electron chi connectivity index (χ0n) is 65.2. The van der Waals surface area contributed by atoms with E-state index in [1.807, 2.05) is 177 Å². The van der Waals surface area contributed by atoms with Crippen LogP contribution in [0, 0.1) is 30.3 Å². The number of furan rings is 2. The van der Waals surface area contributed by atoms with Gasteiger partial charge in [0.15, 0.2) is 0 Å². The van der Waals surface area contributed by atoms with Gasteiger partial charge >= 0.3 is 40.2 Å². The smallest absolute Gasteiger partial charge is 0.501 e. The normalized spacial score (nSPS) is 10.5. The van der Waals surface area contributed by atoms with Gasteiger partial charge in [-0.25, -0.2) is 0 Å². The zero-order chi connectivity index (χ0) is 76.9. The first kappa shape index (κ1) is 86.7. The predicted octanol–water partition coefficient (Wildman–Crippen LogP) is 25.2. The molecule has 560 valence electrons. The molecule has 110 heavy (non-hydrogen) atoms. The SMILES string of the molecule is CC(C)c1ccc(-c2[c-]cccc2)nc1.CC(C)c1ccc(-c2[c-]cccc2)nc1.CC(C)c1ccc(-c2[c-]cccc2)nc1.CC(C)c1ccc(-c2[c-]cccc2)nc1.CC(C)c1ccnc(-c2[c-]ccc3c2oc2ccccc23)c1.CC(C)c1ccnc(-c2cccc3c2oc2ccccc23)c1.CO.CO.[Ir+3].[Ir+3]. The van der Waals surface area contributed by atoms with Gasteiger partial charge in [0.2, 0.25) is 0 Å². The Hall–Kier alpha value is -10.5. The summed E-state index contributed by atoms with van der Waals surface area (Å²) in [6.45, 7) is 26.1. The number of rotatable bonds is 12. The van der Waals surface area contributed by atoms with Crippen molar-refractivity contribution in [1.82, 2.24) is 29.9 Å². The Labute approximate surface area is 678 Å². The summed E-state index contributed by atoms with van der Waals surface area (Å²) in [5, 5.41) is 18.5. The van der Waals surface area contributed by atoms with Crippen molar-refractivity contribution >= 4 is 43.9 Å². The standard InChI is InChI=1S/C20H17NO.C20H16NO.4C14H14N.2CH4O.2Ir/c2*1-13(2)14-10-11-21-18(12-14)17-8-5-7-16-15-6-3-4-9-19(15)22-20(16)17;4*1-11(2)13-8-9-14(15-10-13)12-6-4-3-5-7-12;2*1-2;;/h3-13H,1-2H3;3-7,9-13H,1-2H3;4*3-6,8-11H,1-2H3;2*2H,1H3;;/q;5*-1;;;2*+3. The maximum absolute atomic E-state index is 7.00. The molecule has 0 aliphatic rings. The van der Waals surface area contributed by atoms with Gasteiger partial charge < -0.3 is 44.0 Å². The molecular formula is C98H97Ir2N6O4+. The van der Waals surface area contributed by atoms with Gasteiger partial charge in [-0.15, -0.1) is 162 Å². The fourth-order valence-corrected chi connectivity index (χ4v) is 11.6. The molecule has 16 aromatic rings. The average Bonchev–Trinajstić information content (AvgIpc) is 1.62. The molecule has 8 aromatic carbocycles. The summed E-state index contributed by atoms with van der Waals surface area (Å²) in [6, 6.07) is 99.3. The van der Waals surface area contributed by atoms with Gasteiger partial charge in [0.05, 0.1) is 11.3 Å². The molecule has 10 nitrogen and oxygen atoms in total. The molecule has 0 unspecified atom stereocenters. The molecule has 0 amide bonds. The van der Waals surface area contributed by atoms with Crippen LogP contribution in [0.3, 0.4) is 0 Å². The molecule has 8 aromatic heterocycles.